The molecular formula is C23H33F2NO3. The quantitative estimate of drug-likeness (QED) is 0.331. The number of esters is 1. The third kappa shape index (κ3) is 7.41. The van der Waals surface area contributed by atoms with Crippen LogP contribution in [-0.4, -0.2) is 36.0 Å². The van der Waals surface area contributed by atoms with E-state index in [9.17, 15) is 18.4 Å². The van der Waals surface area contributed by atoms with E-state index in [2.05, 4.69) is 6.92 Å². The van der Waals surface area contributed by atoms with Gasteiger partial charge in [0, 0.05) is 12.1 Å². The zero-order valence-corrected chi connectivity index (χ0v) is 17.4. The lowest BCUT2D eigenvalue weighted by Gasteiger charge is -2.23. The minimum absolute atomic E-state index is 0.0440. The summed E-state index contributed by atoms with van der Waals surface area (Å²) in [7, 11) is 0. The van der Waals surface area contributed by atoms with E-state index in [0.717, 1.165) is 31.4 Å². The Morgan fingerprint density at radius 3 is 2.31 bits per heavy atom. The van der Waals surface area contributed by atoms with Gasteiger partial charge in [0.25, 0.3) is 5.91 Å². The number of rotatable bonds is 12. The van der Waals surface area contributed by atoms with Crippen LogP contribution >= 0.6 is 0 Å². The molecule has 0 radical (unpaired) electrons. The summed E-state index contributed by atoms with van der Waals surface area (Å²) in [5.41, 5.74) is 0.0440. The number of benzene rings is 1. The van der Waals surface area contributed by atoms with E-state index in [-0.39, 0.29) is 5.56 Å². The molecule has 0 aliphatic carbocycles. The van der Waals surface area contributed by atoms with Crippen LogP contribution in [0.25, 0.3) is 0 Å². The molecule has 1 fully saturated rings. The van der Waals surface area contributed by atoms with Crippen LogP contribution in [0.5, 0.6) is 0 Å². The van der Waals surface area contributed by atoms with E-state index in [1.807, 2.05) is 0 Å². The Balaban J connectivity index is 1.69. The van der Waals surface area contributed by atoms with Crippen molar-refractivity contribution in [2.45, 2.75) is 83.6 Å². The van der Waals surface area contributed by atoms with E-state index in [1.54, 1.807) is 0 Å². The summed E-state index contributed by atoms with van der Waals surface area (Å²) in [6, 6.07) is 2.40. The number of ether oxygens (including phenoxy) is 1. The highest BCUT2D eigenvalue weighted by Crippen LogP contribution is 2.22. The Labute approximate surface area is 172 Å². The number of amides is 1. The molecule has 4 nitrogen and oxygen atoms in total. The molecule has 0 spiro atoms. The summed E-state index contributed by atoms with van der Waals surface area (Å²) >= 11 is 0. The molecule has 1 unspecified atom stereocenters. The molecule has 1 atom stereocenters. The maximum Gasteiger partial charge on any atom is 0.328 e. The second kappa shape index (κ2) is 12.6. The van der Waals surface area contributed by atoms with Gasteiger partial charge in [0.1, 0.15) is 6.04 Å². The second-order valence-corrected chi connectivity index (χ2v) is 7.78. The van der Waals surface area contributed by atoms with Gasteiger partial charge in [-0.2, -0.15) is 0 Å². The Bertz CT molecular complexity index is 666. The minimum Gasteiger partial charge on any atom is -0.464 e. The fourth-order valence-electron chi connectivity index (χ4n) is 3.73. The third-order valence-corrected chi connectivity index (χ3v) is 5.44. The van der Waals surface area contributed by atoms with Crippen molar-refractivity contribution in [3.05, 3.63) is 35.4 Å². The predicted molar refractivity (Wildman–Crippen MR) is 109 cm³/mol. The topological polar surface area (TPSA) is 46.6 Å². The van der Waals surface area contributed by atoms with Crippen molar-refractivity contribution in [1.82, 2.24) is 4.90 Å². The van der Waals surface area contributed by atoms with Crippen LogP contribution in [0.3, 0.4) is 0 Å². The fraction of sp³-hybridized carbons (Fsp3) is 0.652. The number of unbranched alkanes of at least 4 members (excludes halogenated alkanes) is 8. The van der Waals surface area contributed by atoms with E-state index in [1.165, 1.54) is 49.5 Å². The summed E-state index contributed by atoms with van der Waals surface area (Å²) in [5, 5.41) is 0. The molecular weight excluding hydrogens is 376 g/mol. The molecule has 6 heteroatoms. The molecule has 1 saturated heterocycles. The van der Waals surface area contributed by atoms with E-state index in [4.69, 9.17) is 4.74 Å². The summed E-state index contributed by atoms with van der Waals surface area (Å²) in [5.74, 6) is -2.94. The first-order valence-electron chi connectivity index (χ1n) is 11.0. The molecule has 1 aromatic rings. The third-order valence-electron chi connectivity index (χ3n) is 5.44. The predicted octanol–water partition coefficient (Wildman–Crippen LogP) is 5.64. The normalized spacial score (nSPS) is 16.2. The largest absolute Gasteiger partial charge is 0.464 e. The average Bonchev–Trinajstić information content (AvgIpc) is 3.20. The van der Waals surface area contributed by atoms with Gasteiger partial charge >= 0.3 is 5.97 Å². The summed E-state index contributed by atoms with van der Waals surface area (Å²) < 4.78 is 31.9. The SMILES string of the molecule is CCCCCCCCCCCOC(=O)C1CCCN1C(=O)c1ccc(F)c(F)c1. The molecule has 1 heterocycles. The Morgan fingerprint density at radius 1 is 1.00 bits per heavy atom. The van der Waals surface area contributed by atoms with Crippen LogP contribution in [0.4, 0.5) is 8.78 Å². The Kier molecular flexibility index (Phi) is 10.1. The highest BCUT2D eigenvalue weighted by Gasteiger charge is 2.35. The maximum absolute atomic E-state index is 13.4. The average molecular weight is 410 g/mol. The molecule has 29 heavy (non-hydrogen) atoms. The van der Waals surface area contributed by atoms with Crippen LogP contribution in [-0.2, 0) is 9.53 Å². The van der Waals surface area contributed by atoms with Crippen molar-refractivity contribution in [2.24, 2.45) is 0 Å². The lowest BCUT2D eigenvalue weighted by molar-refractivity contribution is -0.148. The number of carbonyl (C=O) groups excluding carboxylic acids is 2. The van der Waals surface area contributed by atoms with Gasteiger partial charge in [-0.25, -0.2) is 13.6 Å². The van der Waals surface area contributed by atoms with Crippen molar-refractivity contribution in [3.8, 4) is 0 Å². The number of hydrogen-bond donors (Lipinski definition) is 0. The standard InChI is InChI=1S/C23H33F2NO3/c1-2-3-4-5-6-7-8-9-10-16-29-23(28)21-12-11-15-26(21)22(27)18-13-14-19(24)20(25)17-18/h13-14,17,21H,2-12,15-16H2,1H3. The number of hydrogen-bond acceptors (Lipinski definition) is 3. The molecule has 1 aliphatic heterocycles. The van der Waals surface area contributed by atoms with Crippen molar-refractivity contribution in [2.75, 3.05) is 13.2 Å². The summed E-state index contributed by atoms with van der Waals surface area (Å²) in [6.07, 6.45) is 11.9. The fourth-order valence-corrected chi connectivity index (χ4v) is 3.73. The van der Waals surface area contributed by atoms with E-state index in [0.29, 0.717) is 26.0 Å². The zero-order chi connectivity index (χ0) is 21.1. The van der Waals surface area contributed by atoms with Gasteiger partial charge in [-0.1, -0.05) is 58.3 Å². The molecule has 1 aliphatic rings. The Morgan fingerprint density at radius 2 is 1.66 bits per heavy atom. The first-order valence-corrected chi connectivity index (χ1v) is 11.0. The Hall–Kier alpha value is -1.98. The highest BCUT2D eigenvalue weighted by molar-refractivity contribution is 5.97. The van der Waals surface area contributed by atoms with Crippen molar-refractivity contribution in [3.63, 3.8) is 0 Å². The zero-order valence-electron chi connectivity index (χ0n) is 17.4. The van der Waals surface area contributed by atoms with Gasteiger partial charge in [0.05, 0.1) is 6.61 Å². The van der Waals surface area contributed by atoms with Crippen molar-refractivity contribution in [1.29, 1.82) is 0 Å². The molecule has 0 aromatic heterocycles. The second-order valence-electron chi connectivity index (χ2n) is 7.78. The number of carbonyl (C=O) groups is 2. The van der Waals surface area contributed by atoms with Gasteiger partial charge in [-0.15, -0.1) is 0 Å². The van der Waals surface area contributed by atoms with Crippen LogP contribution in [0.2, 0.25) is 0 Å². The molecule has 0 bridgehead atoms. The van der Waals surface area contributed by atoms with Gasteiger partial charge in [-0.05, 0) is 37.5 Å². The number of likely N-dealkylation sites (tertiary alicyclic amines) is 1. The molecule has 162 valence electrons. The molecule has 1 aromatic carbocycles. The van der Waals surface area contributed by atoms with E-state index < -0.39 is 29.6 Å². The van der Waals surface area contributed by atoms with Crippen LogP contribution in [0.1, 0.15) is 87.9 Å². The summed E-state index contributed by atoms with van der Waals surface area (Å²) in [6.45, 7) is 2.98. The monoisotopic (exact) mass is 409 g/mol. The lowest BCUT2D eigenvalue weighted by atomic mass is 10.1. The van der Waals surface area contributed by atoms with E-state index >= 15 is 0 Å². The van der Waals surface area contributed by atoms with Crippen LogP contribution < -0.4 is 0 Å². The van der Waals surface area contributed by atoms with Crippen molar-refractivity contribution < 1.29 is 23.1 Å². The first kappa shape index (κ1) is 23.3. The molecule has 0 saturated carbocycles. The number of nitrogens with zero attached hydrogens (tertiary/aromatic N) is 1. The van der Waals surface area contributed by atoms with Gasteiger partial charge in [0.2, 0.25) is 0 Å². The highest BCUT2D eigenvalue weighted by atomic mass is 19.2. The van der Waals surface area contributed by atoms with Crippen LogP contribution in [0.15, 0.2) is 18.2 Å². The van der Waals surface area contributed by atoms with Crippen molar-refractivity contribution >= 4 is 11.9 Å². The molecule has 0 N–H and O–H groups in total. The van der Waals surface area contributed by atoms with Crippen LogP contribution in [0, 0.1) is 11.6 Å². The minimum atomic E-state index is -1.07. The van der Waals surface area contributed by atoms with Gasteiger partial charge in [-0.3, -0.25) is 4.79 Å². The molecule has 1 amide bonds. The smallest absolute Gasteiger partial charge is 0.328 e. The lowest BCUT2D eigenvalue weighted by Crippen LogP contribution is -2.41. The summed E-state index contributed by atoms with van der Waals surface area (Å²) in [4.78, 5) is 26.4. The van der Waals surface area contributed by atoms with Gasteiger partial charge in [0.15, 0.2) is 11.6 Å². The number of halogens is 2. The first-order chi connectivity index (χ1) is 14.0. The molecule has 2 rings (SSSR count). The maximum atomic E-state index is 13.4. The van der Waals surface area contributed by atoms with Gasteiger partial charge < -0.3 is 9.64 Å².